The lowest BCUT2D eigenvalue weighted by Crippen LogP contribution is -2.50. The first-order chi connectivity index (χ1) is 11.4. The molecule has 1 rings (SSSR count). The van der Waals surface area contributed by atoms with Crippen LogP contribution in [-0.4, -0.2) is 42.0 Å². The van der Waals surface area contributed by atoms with E-state index in [1.807, 2.05) is 6.07 Å². The number of anilines is 1. The van der Waals surface area contributed by atoms with Crippen LogP contribution in [0.2, 0.25) is 0 Å². The molecule has 0 spiro atoms. The number of para-hydroxylation sites is 1. The van der Waals surface area contributed by atoms with Gasteiger partial charge in [-0.1, -0.05) is 39.0 Å². The second-order valence-electron chi connectivity index (χ2n) is 5.81. The highest BCUT2D eigenvalue weighted by atomic mass is 19.1. The van der Waals surface area contributed by atoms with Gasteiger partial charge in [0.1, 0.15) is 12.8 Å². The molecule has 3 N–H and O–H groups in total. The van der Waals surface area contributed by atoms with Crippen molar-refractivity contribution in [1.82, 2.24) is 5.32 Å². The summed E-state index contributed by atoms with van der Waals surface area (Å²) < 4.78 is 17.8. The van der Waals surface area contributed by atoms with E-state index in [0.29, 0.717) is 12.1 Å². The monoisotopic (exact) mass is 340 g/mol. The van der Waals surface area contributed by atoms with Gasteiger partial charge in [0, 0.05) is 5.69 Å². The van der Waals surface area contributed by atoms with E-state index < -0.39 is 36.9 Å². The molecule has 2 unspecified atom stereocenters. The number of halogens is 1. The van der Waals surface area contributed by atoms with E-state index in [-0.39, 0.29) is 5.92 Å². The number of carbonyl (C=O) groups is 2. The largest absolute Gasteiger partial charge is 0.436 e. The van der Waals surface area contributed by atoms with Gasteiger partial charge in [0.15, 0.2) is 6.10 Å². The van der Waals surface area contributed by atoms with Gasteiger partial charge in [-0.05, 0) is 24.5 Å². The summed E-state index contributed by atoms with van der Waals surface area (Å²) in [5.41, 5.74) is 0.546. The zero-order chi connectivity index (χ0) is 18.1. The maximum Gasteiger partial charge on any atom is 0.412 e. The topological polar surface area (TPSA) is 87.7 Å². The lowest BCUT2D eigenvalue weighted by Gasteiger charge is -2.26. The second-order valence-corrected chi connectivity index (χ2v) is 5.81. The Labute approximate surface area is 141 Å². The Morgan fingerprint density at radius 1 is 1.25 bits per heavy atom. The van der Waals surface area contributed by atoms with Crippen LogP contribution in [0, 0.1) is 5.92 Å². The molecule has 0 radical (unpaired) electrons. The summed E-state index contributed by atoms with van der Waals surface area (Å²) in [6.07, 6.45) is -2.73. The standard InChI is InChI=1S/C17H25FN2O4/c1-4-13(14(21)10-18)20-16(22)15(11(2)3)24-17(23)19-12-8-6-5-7-9-12/h5-9,11,13-15,21H,4,10H2,1-3H3,(H,19,23)(H,20,22)/t13?,14?,15-/m0/s1. The van der Waals surface area contributed by atoms with E-state index >= 15 is 0 Å². The number of hydrogen-bond acceptors (Lipinski definition) is 4. The lowest BCUT2D eigenvalue weighted by molar-refractivity contribution is -0.133. The van der Waals surface area contributed by atoms with Crippen molar-refractivity contribution in [3.63, 3.8) is 0 Å². The molecule has 1 aromatic carbocycles. The molecule has 2 amide bonds. The van der Waals surface area contributed by atoms with E-state index in [1.54, 1.807) is 45.0 Å². The first kappa shape index (κ1) is 19.9. The fraction of sp³-hybridized carbons (Fsp3) is 0.529. The summed E-state index contributed by atoms with van der Waals surface area (Å²) >= 11 is 0. The smallest absolute Gasteiger partial charge is 0.412 e. The maximum absolute atomic E-state index is 12.6. The van der Waals surface area contributed by atoms with Crippen LogP contribution in [0.1, 0.15) is 27.2 Å². The second kappa shape index (κ2) is 9.87. The summed E-state index contributed by atoms with van der Waals surface area (Å²) in [5, 5.41) is 14.6. The molecule has 0 aliphatic heterocycles. The third kappa shape index (κ3) is 6.16. The van der Waals surface area contributed by atoms with Crippen LogP contribution < -0.4 is 10.6 Å². The number of aliphatic hydroxyl groups is 1. The predicted molar refractivity (Wildman–Crippen MR) is 89.4 cm³/mol. The van der Waals surface area contributed by atoms with Crippen molar-refractivity contribution in [3.05, 3.63) is 30.3 Å². The van der Waals surface area contributed by atoms with Crippen LogP contribution in [0.5, 0.6) is 0 Å². The fourth-order valence-corrected chi connectivity index (χ4v) is 2.12. The number of ether oxygens (including phenoxy) is 1. The average Bonchev–Trinajstić information content (AvgIpc) is 2.57. The molecule has 0 saturated carbocycles. The van der Waals surface area contributed by atoms with Crippen LogP contribution in [0.3, 0.4) is 0 Å². The minimum Gasteiger partial charge on any atom is -0.436 e. The Morgan fingerprint density at radius 3 is 2.38 bits per heavy atom. The van der Waals surface area contributed by atoms with Crippen molar-refractivity contribution in [3.8, 4) is 0 Å². The molecule has 6 nitrogen and oxygen atoms in total. The van der Waals surface area contributed by atoms with Gasteiger partial charge in [0.05, 0.1) is 6.04 Å². The Bertz CT molecular complexity index is 525. The van der Waals surface area contributed by atoms with Crippen molar-refractivity contribution < 1.29 is 23.8 Å². The SMILES string of the molecule is CCC(NC(=O)[C@@H](OC(=O)Nc1ccccc1)C(C)C)C(O)CF. The number of amides is 2. The quantitative estimate of drug-likeness (QED) is 0.678. The predicted octanol–water partition coefficient (Wildman–Crippen LogP) is 2.48. The minimum atomic E-state index is -1.29. The molecule has 0 aromatic heterocycles. The van der Waals surface area contributed by atoms with Gasteiger partial charge in [0.2, 0.25) is 0 Å². The summed E-state index contributed by atoms with van der Waals surface area (Å²) in [6, 6.07) is 7.97. The van der Waals surface area contributed by atoms with Gasteiger partial charge in [-0.25, -0.2) is 9.18 Å². The zero-order valence-corrected chi connectivity index (χ0v) is 14.2. The maximum atomic E-state index is 12.6. The molecule has 0 aliphatic rings. The van der Waals surface area contributed by atoms with E-state index in [9.17, 15) is 19.1 Å². The van der Waals surface area contributed by atoms with Crippen LogP contribution in [-0.2, 0) is 9.53 Å². The van der Waals surface area contributed by atoms with Gasteiger partial charge in [-0.3, -0.25) is 10.1 Å². The van der Waals surface area contributed by atoms with Crippen molar-refractivity contribution in [1.29, 1.82) is 0 Å². The Kier molecular flexibility index (Phi) is 8.18. The average molecular weight is 340 g/mol. The number of hydrogen-bond donors (Lipinski definition) is 3. The molecule has 0 bridgehead atoms. The van der Waals surface area contributed by atoms with Gasteiger partial charge >= 0.3 is 6.09 Å². The summed E-state index contributed by atoms with van der Waals surface area (Å²) in [7, 11) is 0. The number of alkyl halides is 1. The van der Waals surface area contributed by atoms with Gasteiger partial charge < -0.3 is 15.2 Å². The molecule has 134 valence electrons. The zero-order valence-electron chi connectivity index (χ0n) is 14.2. The molecule has 0 heterocycles. The molecule has 0 fully saturated rings. The number of benzene rings is 1. The number of rotatable bonds is 8. The molecule has 0 saturated heterocycles. The van der Waals surface area contributed by atoms with Crippen molar-refractivity contribution in [2.24, 2.45) is 5.92 Å². The minimum absolute atomic E-state index is 0.286. The number of aliphatic hydroxyl groups excluding tert-OH is 1. The summed E-state index contributed by atoms with van der Waals surface area (Å²) in [5.74, 6) is -0.848. The lowest BCUT2D eigenvalue weighted by atomic mass is 10.0. The van der Waals surface area contributed by atoms with Crippen molar-refractivity contribution in [2.75, 3.05) is 12.0 Å². The van der Waals surface area contributed by atoms with E-state index in [0.717, 1.165) is 0 Å². The first-order valence-electron chi connectivity index (χ1n) is 7.96. The van der Waals surface area contributed by atoms with E-state index in [1.165, 1.54) is 0 Å². The summed E-state index contributed by atoms with van der Waals surface area (Å²) in [4.78, 5) is 24.3. The summed E-state index contributed by atoms with van der Waals surface area (Å²) in [6.45, 7) is 4.22. The van der Waals surface area contributed by atoms with Crippen LogP contribution in [0.4, 0.5) is 14.9 Å². The molecule has 7 heteroatoms. The normalized spacial score (nSPS) is 14.6. The van der Waals surface area contributed by atoms with Crippen molar-refractivity contribution >= 4 is 17.7 Å². The van der Waals surface area contributed by atoms with Crippen LogP contribution in [0.15, 0.2) is 30.3 Å². The highest BCUT2D eigenvalue weighted by molar-refractivity contribution is 5.89. The van der Waals surface area contributed by atoms with E-state index in [4.69, 9.17) is 4.74 Å². The third-order valence-electron chi connectivity index (χ3n) is 3.51. The van der Waals surface area contributed by atoms with Crippen LogP contribution in [0.25, 0.3) is 0 Å². The molecule has 24 heavy (non-hydrogen) atoms. The Hall–Kier alpha value is -2.15. The third-order valence-corrected chi connectivity index (χ3v) is 3.51. The number of nitrogens with one attached hydrogen (secondary N) is 2. The Morgan fingerprint density at radius 2 is 1.88 bits per heavy atom. The fourth-order valence-electron chi connectivity index (χ4n) is 2.12. The highest BCUT2D eigenvalue weighted by Gasteiger charge is 2.29. The number of carbonyl (C=O) groups excluding carboxylic acids is 2. The van der Waals surface area contributed by atoms with Gasteiger partial charge in [-0.2, -0.15) is 0 Å². The molecule has 3 atom stereocenters. The highest BCUT2D eigenvalue weighted by Crippen LogP contribution is 2.12. The Balaban J connectivity index is 2.68. The van der Waals surface area contributed by atoms with Crippen molar-refractivity contribution in [2.45, 2.75) is 45.4 Å². The molecular weight excluding hydrogens is 315 g/mol. The molecule has 0 aliphatic carbocycles. The molecule has 1 aromatic rings. The molecular formula is C17H25FN2O4. The van der Waals surface area contributed by atoms with Gasteiger partial charge in [-0.15, -0.1) is 0 Å². The first-order valence-corrected chi connectivity index (χ1v) is 7.96. The van der Waals surface area contributed by atoms with E-state index in [2.05, 4.69) is 10.6 Å². The van der Waals surface area contributed by atoms with Crippen LogP contribution >= 0.6 is 0 Å². The van der Waals surface area contributed by atoms with Gasteiger partial charge in [0.25, 0.3) is 5.91 Å².